The molecule has 1 aromatic carbocycles. The molecule has 1 amide bonds. The average Bonchev–Trinajstić information content (AvgIpc) is 2.95. The number of nitrogens with zero attached hydrogens (tertiary/aromatic N) is 3. The van der Waals surface area contributed by atoms with Gasteiger partial charge in [0.05, 0.1) is 23.1 Å². The molecule has 1 aliphatic rings. The van der Waals surface area contributed by atoms with Gasteiger partial charge < -0.3 is 10.6 Å². The molecule has 0 saturated carbocycles. The maximum absolute atomic E-state index is 12.9. The van der Waals surface area contributed by atoms with Crippen LogP contribution < -0.4 is 5.73 Å². The second-order valence-corrected chi connectivity index (χ2v) is 6.83. The molecule has 130 valence electrons. The standard InChI is InChI=1S/C17H21BrN4O.ClH/c1-12-16(17(23)21-8-3-2-6-15(21)10-19)11-20-22(12)14-7-4-5-13(18)9-14;/h4-5,7,9,11,15H,2-3,6,8,10,19H2,1H3;1H. The lowest BCUT2D eigenvalue weighted by Crippen LogP contribution is -2.47. The van der Waals surface area contributed by atoms with E-state index in [9.17, 15) is 4.79 Å². The molecular formula is C17H22BrClN4O. The largest absolute Gasteiger partial charge is 0.334 e. The number of hydrogen-bond donors (Lipinski definition) is 1. The van der Waals surface area contributed by atoms with Crippen molar-refractivity contribution in [3.63, 3.8) is 0 Å². The van der Waals surface area contributed by atoms with Crippen molar-refractivity contribution < 1.29 is 4.79 Å². The van der Waals surface area contributed by atoms with Gasteiger partial charge in [-0.1, -0.05) is 22.0 Å². The van der Waals surface area contributed by atoms with E-state index in [1.54, 1.807) is 10.9 Å². The van der Waals surface area contributed by atoms with Crippen LogP contribution in [0.15, 0.2) is 34.9 Å². The van der Waals surface area contributed by atoms with E-state index in [4.69, 9.17) is 5.73 Å². The fourth-order valence-electron chi connectivity index (χ4n) is 3.16. The first-order valence-electron chi connectivity index (χ1n) is 7.93. The molecule has 0 aliphatic carbocycles. The summed E-state index contributed by atoms with van der Waals surface area (Å²) in [6, 6.07) is 8.02. The van der Waals surface area contributed by atoms with Crippen LogP contribution in [0.5, 0.6) is 0 Å². The zero-order chi connectivity index (χ0) is 16.4. The molecule has 1 atom stereocenters. The van der Waals surface area contributed by atoms with Crippen molar-refractivity contribution in [2.24, 2.45) is 5.73 Å². The summed E-state index contributed by atoms with van der Waals surface area (Å²) in [5.41, 5.74) is 8.29. The van der Waals surface area contributed by atoms with Gasteiger partial charge >= 0.3 is 0 Å². The molecule has 2 heterocycles. The molecule has 3 rings (SSSR count). The van der Waals surface area contributed by atoms with Crippen molar-refractivity contribution in [3.05, 3.63) is 46.2 Å². The van der Waals surface area contributed by atoms with Crippen molar-refractivity contribution >= 4 is 34.2 Å². The highest BCUT2D eigenvalue weighted by Gasteiger charge is 2.28. The SMILES string of the molecule is Cc1c(C(=O)N2CCCCC2CN)cnn1-c1cccc(Br)c1.Cl. The van der Waals surface area contributed by atoms with E-state index in [-0.39, 0.29) is 24.4 Å². The molecule has 24 heavy (non-hydrogen) atoms. The van der Waals surface area contributed by atoms with Crippen LogP contribution in [0.4, 0.5) is 0 Å². The number of rotatable bonds is 3. The normalized spacial score (nSPS) is 17.5. The van der Waals surface area contributed by atoms with E-state index < -0.39 is 0 Å². The van der Waals surface area contributed by atoms with Crippen molar-refractivity contribution in [1.82, 2.24) is 14.7 Å². The summed E-state index contributed by atoms with van der Waals surface area (Å²) >= 11 is 3.47. The lowest BCUT2D eigenvalue weighted by Gasteiger charge is -2.35. The third kappa shape index (κ3) is 3.66. The monoisotopic (exact) mass is 412 g/mol. The predicted octanol–water partition coefficient (Wildman–Crippen LogP) is 3.32. The number of nitrogens with two attached hydrogens (primary N) is 1. The summed E-state index contributed by atoms with van der Waals surface area (Å²) in [5.74, 6) is 0.0406. The highest BCUT2D eigenvalue weighted by molar-refractivity contribution is 9.10. The Balaban J connectivity index is 0.00000208. The minimum atomic E-state index is 0. The van der Waals surface area contributed by atoms with Gasteiger partial charge in [-0.05, 0) is 44.4 Å². The first kappa shape index (κ1) is 19.0. The number of halogens is 2. The van der Waals surface area contributed by atoms with Gasteiger partial charge in [-0.3, -0.25) is 4.79 Å². The van der Waals surface area contributed by atoms with Gasteiger partial charge in [0, 0.05) is 23.6 Å². The molecule has 0 radical (unpaired) electrons. The molecular weight excluding hydrogens is 392 g/mol. The fourth-order valence-corrected chi connectivity index (χ4v) is 3.54. The van der Waals surface area contributed by atoms with Crippen LogP contribution >= 0.6 is 28.3 Å². The third-order valence-corrected chi connectivity index (χ3v) is 4.95. The zero-order valence-electron chi connectivity index (χ0n) is 13.6. The van der Waals surface area contributed by atoms with E-state index in [1.807, 2.05) is 36.1 Å². The fraction of sp³-hybridized carbons (Fsp3) is 0.412. The van der Waals surface area contributed by atoms with E-state index in [0.29, 0.717) is 12.1 Å². The van der Waals surface area contributed by atoms with E-state index in [0.717, 1.165) is 41.7 Å². The Morgan fingerprint density at radius 1 is 1.42 bits per heavy atom. The van der Waals surface area contributed by atoms with Gasteiger partial charge in [-0.2, -0.15) is 5.10 Å². The van der Waals surface area contributed by atoms with E-state index in [2.05, 4.69) is 21.0 Å². The smallest absolute Gasteiger partial charge is 0.257 e. The predicted molar refractivity (Wildman–Crippen MR) is 101 cm³/mol. The molecule has 2 N–H and O–H groups in total. The quantitative estimate of drug-likeness (QED) is 0.839. The zero-order valence-corrected chi connectivity index (χ0v) is 16.0. The summed E-state index contributed by atoms with van der Waals surface area (Å²) in [5, 5.41) is 4.41. The Morgan fingerprint density at radius 3 is 2.92 bits per heavy atom. The Bertz CT molecular complexity index is 718. The van der Waals surface area contributed by atoms with Crippen molar-refractivity contribution in [2.75, 3.05) is 13.1 Å². The lowest BCUT2D eigenvalue weighted by atomic mass is 10.0. The average molecular weight is 414 g/mol. The number of carbonyl (C=O) groups excluding carboxylic acids is 1. The first-order chi connectivity index (χ1) is 11.1. The summed E-state index contributed by atoms with van der Waals surface area (Å²) < 4.78 is 2.79. The molecule has 5 nitrogen and oxygen atoms in total. The molecule has 1 aromatic heterocycles. The molecule has 1 saturated heterocycles. The second-order valence-electron chi connectivity index (χ2n) is 5.92. The van der Waals surface area contributed by atoms with Crippen LogP contribution in [0.25, 0.3) is 5.69 Å². The van der Waals surface area contributed by atoms with Crippen molar-refractivity contribution in [1.29, 1.82) is 0 Å². The maximum atomic E-state index is 12.9. The molecule has 1 fully saturated rings. The summed E-state index contributed by atoms with van der Waals surface area (Å²) in [7, 11) is 0. The minimum Gasteiger partial charge on any atom is -0.334 e. The molecule has 1 unspecified atom stereocenters. The topological polar surface area (TPSA) is 64.2 Å². The summed E-state index contributed by atoms with van der Waals surface area (Å²) in [6.07, 6.45) is 4.84. The number of likely N-dealkylation sites (tertiary alicyclic amines) is 1. The number of amides is 1. The Labute approximate surface area is 156 Å². The second kappa shape index (κ2) is 8.14. The number of benzene rings is 1. The van der Waals surface area contributed by atoms with Gasteiger partial charge in [0.2, 0.25) is 0 Å². The first-order valence-corrected chi connectivity index (χ1v) is 8.72. The highest BCUT2D eigenvalue weighted by atomic mass is 79.9. The van der Waals surface area contributed by atoms with Crippen LogP contribution in [0.2, 0.25) is 0 Å². The van der Waals surface area contributed by atoms with Gasteiger partial charge in [-0.15, -0.1) is 12.4 Å². The van der Waals surface area contributed by atoms with Gasteiger partial charge in [-0.25, -0.2) is 4.68 Å². The molecule has 0 spiro atoms. The number of hydrogen-bond acceptors (Lipinski definition) is 3. The van der Waals surface area contributed by atoms with Crippen LogP contribution in [-0.4, -0.2) is 39.7 Å². The number of piperidine rings is 1. The molecule has 2 aromatic rings. The van der Waals surface area contributed by atoms with Crippen LogP contribution in [0.3, 0.4) is 0 Å². The highest BCUT2D eigenvalue weighted by Crippen LogP contribution is 2.22. The van der Waals surface area contributed by atoms with E-state index >= 15 is 0 Å². The number of carbonyl (C=O) groups is 1. The summed E-state index contributed by atoms with van der Waals surface area (Å²) in [4.78, 5) is 14.8. The van der Waals surface area contributed by atoms with Crippen LogP contribution in [0.1, 0.15) is 35.3 Å². The molecule has 0 bridgehead atoms. The minimum absolute atomic E-state index is 0. The van der Waals surface area contributed by atoms with Gasteiger partial charge in [0.1, 0.15) is 0 Å². The third-order valence-electron chi connectivity index (χ3n) is 4.45. The van der Waals surface area contributed by atoms with Crippen molar-refractivity contribution in [2.45, 2.75) is 32.2 Å². The Morgan fingerprint density at radius 2 is 2.21 bits per heavy atom. The molecule has 7 heteroatoms. The van der Waals surface area contributed by atoms with E-state index in [1.165, 1.54) is 0 Å². The molecule has 1 aliphatic heterocycles. The van der Waals surface area contributed by atoms with Crippen molar-refractivity contribution in [3.8, 4) is 5.69 Å². The maximum Gasteiger partial charge on any atom is 0.257 e. The Kier molecular flexibility index (Phi) is 6.43. The summed E-state index contributed by atoms with van der Waals surface area (Å²) in [6.45, 7) is 3.23. The van der Waals surface area contributed by atoms with Gasteiger partial charge in [0.25, 0.3) is 5.91 Å². The van der Waals surface area contributed by atoms with Crippen LogP contribution in [-0.2, 0) is 0 Å². The Hall–Kier alpha value is -1.37. The number of aromatic nitrogens is 2. The van der Waals surface area contributed by atoms with Gasteiger partial charge in [0.15, 0.2) is 0 Å². The lowest BCUT2D eigenvalue weighted by molar-refractivity contribution is 0.0622. The van der Waals surface area contributed by atoms with Crippen LogP contribution in [0, 0.1) is 6.92 Å².